The lowest BCUT2D eigenvalue weighted by molar-refractivity contribution is -0.138. The van der Waals surface area contributed by atoms with E-state index in [-0.39, 0.29) is 17.1 Å². The summed E-state index contributed by atoms with van der Waals surface area (Å²) >= 11 is 0. The number of ether oxygens (including phenoxy) is 2. The van der Waals surface area contributed by atoms with Crippen molar-refractivity contribution in [1.29, 1.82) is 0 Å². The van der Waals surface area contributed by atoms with Gasteiger partial charge >= 0.3 is 5.97 Å². The van der Waals surface area contributed by atoms with Crippen molar-refractivity contribution in [3.63, 3.8) is 0 Å². The molecule has 0 radical (unpaired) electrons. The van der Waals surface area contributed by atoms with Gasteiger partial charge < -0.3 is 20.3 Å². The zero-order chi connectivity index (χ0) is 12.3. The van der Waals surface area contributed by atoms with Gasteiger partial charge in [0.25, 0.3) is 0 Å². The maximum absolute atomic E-state index is 13.3. The van der Waals surface area contributed by atoms with Crippen LogP contribution >= 0.6 is 0 Å². The minimum Gasteiger partial charge on any atom is -0.492 e. The number of benzene rings is 1. The standard InChI is InChI=1S/C10H12FNO4/c1-15-8-5(7(12)10(13)14)3-4-6(11)9(8)16-2/h3-4,7H,12H2,1-2H3,(H,13,14). The summed E-state index contributed by atoms with van der Waals surface area (Å²) in [6.07, 6.45) is 0. The highest BCUT2D eigenvalue weighted by molar-refractivity contribution is 5.77. The third-order valence-corrected chi connectivity index (χ3v) is 2.10. The zero-order valence-corrected chi connectivity index (χ0v) is 8.86. The highest BCUT2D eigenvalue weighted by atomic mass is 19.1. The summed E-state index contributed by atoms with van der Waals surface area (Å²) in [5.74, 6) is -2.03. The van der Waals surface area contributed by atoms with Gasteiger partial charge in [-0.05, 0) is 12.1 Å². The van der Waals surface area contributed by atoms with Crippen molar-refractivity contribution in [2.45, 2.75) is 6.04 Å². The van der Waals surface area contributed by atoms with Crippen LogP contribution < -0.4 is 15.2 Å². The van der Waals surface area contributed by atoms with E-state index >= 15 is 0 Å². The van der Waals surface area contributed by atoms with Gasteiger partial charge in [-0.25, -0.2) is 4.39 Å². The van der Waals surface area contributed by atoms with Crippen molar-refractivity contribution in [2.24, 2.45) is 5.73 Å². The predicted octanol–water partition coefficient (Wildman–Crippen LogP) is 0.927. The average Bonchev–Trinajstić information content (AvgIpc) is 2.27. The van der Waals surface area contributed by atoms with Crippen molar-refractivity contribution in [3.05, 3.63) is 23.5 Å². The molecule has 0 aliphatic heterocycles. The first-order chi connectivity index (χ1) is 7.52. The molecule has 1 atom stereocenters. The largest absolute Gasteiger partial charge is 0.492 e. The fourth-order valence-electron chi connectivity index (χ4n) is 1.33. The van der Waals surface area contributed by atoms with Crippen LogP contribution in [0.3, 0.4) is 0 Å². The van der Waals surface area contributed by atoms with E-state index in [0.717, 1.165) is 6.07 Å². The number of rotatable bonds is 4. The van der Waals surface area contributed by atoms with E-state index in [9.17, 15) is 9.18 Å². The Morgan fingerprint density at radius 2 is 1.94 bits per heavy atom. The molecule has 0 bridgehead atoms. The molecule has 0 spiro atoms. The minimum absolute atomic E-state index is 0.00241. The van der Waals surface area contributed by atoms with E-state index in [2.05, 4.69) is 0 Å². The van der Waals surface area contributed by atoms with Crippen molar-refractivity contribution in [2.75, 3.05) is 14.2 Å². The van der Waals surface area contributed by atoms with Crippen molar-refractivity contribution >= 4 is 5.97 Å². The molecule has 0 aliphatic carbocycles. The van der Waals surface area contributed by atoms with Gasteiger partial charge in [0, 0.05) is 5.56 Å². The second-order valence-corrected chi connectivity index (χ2v) is 3.02. The maximum atomic E-state index is 13.3. The summed E-state index contributed by atoms with van der Waals surface area (Å²) in [5, 5.41) is 8.77. The lowest BCUT2D eigenvalue weighted by Crippen LogP contribution is -2.21. The fraction of sp³-hybridized carbons (Fsp3) is 0.300. The van der Waals surface area contributed by atoms with E-state index < -0.39 is 17.8 Å². The van der Waals surface area contributed by atoms with Crippen LogP contribution in [0, 0.1) is 5.82 Å². The highest BCUT2D eigenvalue weighted by Crippen LogP contribution is 2.36. The van der Waals surface area contributed by atoms with Crippen LogP contribution in [0.25, 0.3) is 0 Å². The van der Waals surface area contributed by atoms with Crippen LogP contribution in [-0.4, -0.2) is 25.3 Å². The molecule has 1 aromatic carbocycles. The van der Waals surface area contributed by atoms with Crippen LogP contribution in [0.1, 0.15) is 11.6 Å². The average molecular weight is 229 g/mol. The number of carboxylic acid groups (broad SMARTS) is 1. The molecule has 0 aromatic heterocycles. The van der Waals surface area contributed by atoms with Gasteiger partial charge in [-0.15, -0.1) is 0 Å². The van der Waals surface area contributed by atoms with E-state index in [0.29, 0.717) is 0 Å². The molecule has 1 aromatic rings. The molecule has 16 heavy (non-hydrogen) atoms. The summed E-state index contributed by atoms with van der Waals surface area (Å²) in [6.45, 7) is 0. The molecule has 3 N–H and O–H groups in total. The highest BCUT2D eigenvalue weighted by Gasteiger charge is 2.23. The molecule has 0 saturated heterocycles. The van der Waals surface area contributed by atoms with Gasteiger partial charge in [-0.2, -0.15) is 0 Å². The Labute approximate surface area is 91.6 Å². The Morgan fingerprint density at radius 3 is 2.38 bits per heavy atom. The van der Waals surface area contributed by atoms with Gasteiger partial charge in [0.2, 0.25) is 0 Å². The molecule has 0 saturated carbocycles. The smallest absolute Gasteiger partial charge is 0.325 e. The normalized spacial score (nSPS) is 12.0. The van der Waals surface area contributed by atoms with Crippen LogP contribution in [0.15, 0.2) is 12.1 Å². The van der Waals surface area contributed by atoms with Gasteiger partial charge in [-0.1, -0.05) is 0 Å². The van der Waals surface area contributed by atoms with E-state index in [1.165, 1.54) is 20.3 Å². The van der Waals surface area contributed by atoms with E-state index in [1.54, 1.807) is 0 Å². The Morgan fingerprint density at radius 1 is 1.38 bits per heavy atom. The van der Waals surface area contributed by atoms with Crippen molar-refractivity contribution in [3.8, 4) is 11.5 Å². The number of methoxy groups -OCH3 is 2. The predicted molar refractivity (Wildman–Crippen MR) is 54.1 cm³/mol. The number of carboxylic acids is 1. The molecule has 0 aliphatic rings. The van der Waals surface area contributed by atoms with Gasteiger partial charge in [0.05, 0.1) is 14.2 Å². The zero-order valence-electron chi connectivity index (χ0n) is 8.86. The molecule has 1 rings (SSSR count). The lowest BCUT2D eigenvalue weighted by Gasteiger charge is -2.15. The number of nitrogens with two attached hydrogens (primary N) is 1. The van der Waals surface area contributed by atoms with Crippen LogP contribution in [0.5, 0.6) is 11.5 Å². The second kappa shape index (κ2) is 4.80. The summed E-state index contributed by atoms with van der Waals surface area (Å²) in [5.41, 5.74) is 5.59. The molecular formula is C10H12FNO4. The second-order valence-electron chi connectivity index (χ2n) is 3.02. The summed E-state index contributed by atoms with van der Waals surface area (Å²) in [6, 6.07) is 1.05. The Balaban J connectivity index is 3.35. The number of aliphatic carboxylic acids is 1. The summed E-state index contributed by atoms with van der Waals surface area (Å²) < 4.78 is 23.0. The maximum Gasteiger partial charge on any atom is 0.325 e. The summed E-state index contributed by atoms with van der Waals surface area (Å²) in [7, 11) is 2.55. The van der Waals surface area contributed by atoms with Crippen LogP contribution in [0.2, 0.25) is 0 Å². The molecule has 5 nitrogen and oxygen atoms in total. The third-order valence-electron chi connectivity index (χ3n) is 2.10. The number of carbonyl (C=O) groups is 1. The van der Waals surface area contributed by atoms with Gasteiger partial charge in [0.15, 0.2) is 17.3 Å². The molecule has 0 heterocycles. The topological polar surface area (TPSA) is 81.8 Å². The first-order valence-electron chi connectivity index (χ1n) is 4.41. The summed E-state index contributed by atoms with van der Waals surface area (Å²) in [4.78, 5) is 10.7. The first-order valence-corrected chi connectivity index (χ1v) is 4.41. The monoisotopic (exact) mass is 229 g/mol. The van der Waals surface area contributed by atoms with Crippen LogP contribution in [0.4, 0.5) is 4.39 Å². The number of hydrogen-bond acceptors (Lipinski definition) is 4. The van der Waals surface area contributed by atoms with E-state index in [1.807, 2.05) is 0 Å². The van der Waals surface area contributed by atoms with Crippen molar-refractivity contribution in [1.82, 2.24) is 0 Å². The molecular weight excluding hydrogens is 217 g/mol. The first kappa shape index (κ1) is 12.3. The third kappa shape index (κ3) is 2.06. The molecule has 1 unspecified atom stereocenters. The van der Waals surface area contributed by atoms with Crippen molar-refractivity contribution < 1.29 is 23.8 Å². The molecule has 6 heteroatoms. The quantitative estimate of drug-likeness (QED) is 0.802. The SMILES string of the molecule is COc1c(F)ccc(C(N)C(=O)O)c1OC. The molecule has 0 fully saturated rings. The minimum atomic E-state index is -1.29. The number of halogens is 1. The Bertz CT molecular complexity index is 408. The molecule has 0 amide bonds. The van der Waals surface area contributed by atoms with E-state index in [4.69, 9.17) is 20.3 Å². The number of hydrogen-bond donors (Lipinski definition) is 2. The van der Waals surface area contributed by atoms with Gasteiger partial charge in [0.1, 0.15) is 6.04 Å². The van der Waals surface area contributed by atoms with Gasteiger partial charge in [-0.3, -0.25) is 4.79 Å². The molecule has 88 valence electrons. The Hall–Kier alpha value is -1.82. The lowest BCUT2D eigenvalue weighted by atomic mass is 10.1. The van der Waals surface area contributed by atoms with Crippen LogP contribution in [-0.2, 0) is 4.79 Å². The Kier molecular flexibility index (Phi) is 3.68. The fourth-order valence-corrected chi connectivity index (χ4v) is 1.33.